The van der Waals surface area contributed by atoms with E-state index in [0.717, 1.165) is 31.2 Å². The molecular weight excluding hydrogens is 322 g/mol. The molecule has 0 radical (unpaired) electrons. The van der Waals surface area contributed by atoms with Crippen LogP contribution in [0.3, 0.4) is 0 Å². The van der Waals surface area contributed by atoms with Gasteiger partial charge in [-0.05, 0) is 55.2 Å². The lowest BCUT2D eigenvalue weighted by Crippen LogP contribution is -2.54. The summed E-state index contributed by atoms with van der Waals surface area (Å²) in [5.74, 6) is -0.947. The summed E-state index contributed by atoms with van der Waals surface area (Å²) in [5.41, 5.74) is 0.872. The highest BCUT2D eigenvalue weighted by molar-refractivity contribution is 5.85. The van der Waals surface area contributed by atoms with E-state index in [-0.39, 0.29) is 17.7 Å². The molecule has 1 N–H and O–H groups in total. The predicted molar refractivity (Wildman–Crippen MR) is 88.8 cm³/mol. The molecule has 2 atom stereocenters. The van der Waals surface area contributed by atoms with Gasteiger partial charge in [0.05, 0.1) is 14.2 Å². The minimum atomic E-state index is -1.08. The maximum Gasteiger partial charge on any atom is 0.224 e. The zero-order valence-electron chi connectivity index (χ0n) is 14.6. The summed E-state index contributed by atoms with van der Waals surface area (Å²) in [6, 6.07) is 5.44. The Morgan fingerprint density at radius 3 is 2.20 bits per heavy atom. The minimum absolute atomic E-state index is 0.0758. The van der Waals surface area contributed by atoms with Crippen LogP contribution in [-0.4, -0.2) is 26.1 Å². The van der Waals surface area contributed by atoms with Crippen molar-refractivity contribution in [3.8, 4) is 11.5 Å². The van der Waals surface area contributed by atoms with Crippen LogP contribution in [0.25, 0.3) is 0 Å². The molecule has 0 unspecified atom stereocenters. The Balaban J connectivity index is 1.68. The zero-order valence-corrected chi connectivity index (χ0v) is 14.6. The summed E-state index contributed by atoms with van der Waals surface area (Å²) in [5, 5.41) is 14.5. The number of carboxylic acid groups (broad SMARTS) is 1. The average molecular weight is 346 g/mol. The number of aliphatic carboxylic acids is 1. The number of benzene rings is 1. The average Bonchev–Trinajstić information content (AvgIpc) is 2.65. The number of hydrogen-bond acceptors (Lipinski definition) is 5. The van der Waals surface area contributed by atoms with Crippen molar-refractivity contribution < 1.29 is 24.2 Å². The van der Waals surface area contributed by atoms with Crippen LogP contribution in [0, 0.1) is 23.7 Å². The third-order valence-corrected chi connectivity index (χ3v) is 5.71. The second-order valence-electron chi connectivity index (χ2n) is 6.95. The number of hydrogen-bond donors (Lipinski definition) is 1. The van der Waals surface area contributed by atoms with Crippen LogP contribution in [0.1, 0.15) is 31.2 Å². The number of rotatable bonds is 6. The number of carboxylic acids is 1. The van der Waals surface area contributed by atoms with E-state index in [9.17, 15) is 14.7 Å². The van der Waals surface area contributed by atoms with Crippen molar-refractivity contribution in [3.63, 3.8) is 0 Å². The molecule has 1 amide bonds. The largest absolute Gasteiger partial charge is 0.550 e. The molecule has 3 saturated carbocycles. The molecule has 1 aromatic rings. The van der Waals surface area contributed by atoms with E-state index in [1.165, 1.54) is 0 Å². The third-order valence-electron chi connectivity index (χ3n) is 5.71. The SMILES string of the molecule is COc1ccc(CNC(=O)[C@H]2C3CCC(CC3)[C@H]2C(=O)[O-])cc1OC. The van der Waals surface area contributed by atoms with Gasteiger partial charge in [0, 0.05) is 24.3 Å². The van der Waals surface area contributed by atoms with E-state index in [2.05, 4.69) is 5.32 Å². The van der Waals surface area contributed by atoms with Crippen molar-refractivity contribution >= 4 is 11.9 Å². The molecule has 3 fully saturated rings. The number of ether oxygens (including phenoxy) is 2. The molecule has 3 aliphatic carbocycles. The van der Waals surface area contributed by atoms with Crippen LogP contribution in [0.4, 0.5) is 0 Å². The second-order valence-corrected chi connectivity index (χ2v) is 6.95. The van der Waals surface area contributed by atoms with Gasteiger partial charge in [-0.25, -0.2) is 0 Å². The molecule has 6 nitrogen and oxygen atoms in total. The van der Waals surface area contributed by atoms with E-state index < -0.39 is 17.8 Å². The smallest absolute Gasteiger partial charge is 0.224 e. The standard InChI is InChI=1S/C19H25NO5/c1-24-14-8-3-11(9-15(14)25-2)10-20-18(21)16-12-4-6-13(7-5-12)17(16)19(22)23/h3,8-9,12-13,16-17H,4-7,10H2,1-2H3,(H,20,21)(H,22,23)/p-1/t12?,13?,16-,17+/m0/s1. The molecule has 136 valence electrons. The van der Waals surface area contributed by atoms with Gasteiger partial charge in [0.1, 0.15) is 0 Å². The lowest BCUT2D eigenvalue weighted by Gasteiger charge is -2.48. The summed E-state index contributed by atoms with van der Waals surface area (Å²) >= 11 is 0. The summed E-state index contributed by atoms with van der Waals surface area (Å²) < 4.78 is 10.5. The molecule has 0 saturated heterocycles. The lowest BCUT2D eigenvalue weighted by atomic mass is 9.58. The monoisotopic (exact) mass is 346 g/mol. The molecular formula is C19H24NO5-. The molecule has 3 aliphatic rings. The molecule has 2 bridgehead atoms. The van der Waals surface area contributed by atoms with Gasteiger partial charge >= 0.3 is 0 Å². The number of fused-ring (bicyclic) bond motifs is 3. The van der Waals surface area contributed by atoms with Gasteiger partial charge < -0.3 is 24.7 Å². The van der Waals surface area contributed by atoms with Crippen molar-refractivity contribution in [1.82, 2.24) is 5.32 Å². The van der Waals surface area contributed by atoms with Crippen LogP contribution >= 0.6 is 0 Å². The Hall–Kier alpha value is -2.24. The Kier molecular flexibility index (Phi) is 5.16. The fourth-order valence-electron chi connectivity index (χ4n) is 4.46. The molecule has 0 heterocycles. The van der Waals surface area contributed by atoms with E-state index >= 15 is 0 Å². The second kappa shape index (κ2) is 7.33. The fraction of sp³-hybridized carbons (Fsp3) is 0.579. The van der Waals surface area contributed by atoms with Crippen molar-refractivity contribution in [2.75, 3.05) is 14.2 Å². The van der Waals surface area contributed by atoms with Crippen LogP contribution < -0.4 is 19.9 Å². The Morgan fingerprint density at radius 1 is 1.04 bits per heavy atom. The van der Waals surface area contributed by atoms with Crippen LogP contribution in [0.15, 0.2) is 18.2 Å². The van der Waals surface area contributed by atoms with Crippen molar-refractivity contribution in [3.05, 3.63) is 23.8 Å². The van der Waals surface area contributed by atoms with Gasteiger partial charge in [-0.3, -0.25) is 4.79 Å². The maximum atomic E-state index is 12.7. The van der Waals surface area contributed by atoms with Crippen molar-refractivity contribution in [1.29, 1.82) is 0 Å². The Labute approximate surface area is 147 Å². The first-order chi connectivity index (χ1) is 12.0. The molecule has 1 aromatic carbocycles. The van der Waals surface area contributed by atoms with Crippen LogP contribution in [0.5, 0.6) is 11.5 Å². The summed E-state index contributed by atoms with van der Waals surface area (Å²) in [7, 11) is 3.13. The van der Waals surface area contributed by atoms with Gasteiger partial charge in [-0.15, -0.1) is 0 Å². The molecule has 4 rings (SSSR count). The maximum absolute atomic E-state index is 12.7. The third kappa shape index (κ3) is 3.43. The van der Waals surface area contributed by atoms with E-state index in [0.29, 0.717) is 18.0 Å². The quantitative estimate of drug-likeness (QED) is 0.834. The summed E-state index contributed by atoms with van der Waals surface area (Å²) in [6.45, 7) is 0.326. The highest BCUT2D eigenvalue weighted by atomic mass is 16.5. The fourth-order valence-corrected chi connectivity index (χ4v) is 4.46. The highest BCUT2D eigenvalue weighted by Crippen LogP contribution is 2.48. The topological polar surface area (TPSA) is 87.7 Å². The number of methoxy groups -OCH3 is 2. The Bertz CT molecular complexity index is 651. The summed E-state index contributed by atoms with van der Waals surface area (Å²) in [6.07, 6.45) is 3.65. The lowest BCUT2D eigenvalue weighted by molar-refractivity contribution is -0.318. The van der Waals surface area contributed by atoms with Gasteiger partial charge in [0.25, 0.3) is 0 Å². The molecule has 6 heteroatoms. The predicted octanol–water partition coefficient (Wildman–Crippen LogP) is 1.12. The first-order valence-corrected chi connectivity index (χ1v) is 8.74. The van der Waals surface area contributed by atoms with E-state index in [1.54, 1.807) is 20.3 Å². The number of nitrogens with one attached hydrogen (secondary N) is 1. The zero-order chi connectivity index (χ0) is 18.0. The molecule has 0 aromatic heterocycles. The van der Waals surface area contributed by atoms with Crippen LogP contribution in [0.2, 0.25) is 0 Å². The summed E-state index contributed by atoms with van der Waals surface area (Å²) in [4.78, 5) is 24.3. The minimum Gasteiger partial charge on any atom is -0.550 e. The van der Waals surface area contributed by atoms with E-state index in [1.807, 2.05) is 12.1 Å². The van der Waals surface area contributed by atoms with Crippen LogP contribution in [-0.2, 0) is 16.1 Å². The van der Waals surface area contributed by atoms with Crippen molar-refractivity contribution in [2.45, 2.75) is 32.2 Å². The number of carbonyl (C=O) groups is 2. The molecule has 0 aliphatic heterocycles. The molecule has 25 heavy (non-hydrogen) atoms. The van der Waals surface area contributed by atoms with Gasteiger partial charge in [0.2, 0.25) is 5.91 Å². The number of amides is 1. The first kappa shape index (κ1) is 17.6. The van der Waals surface area contributed by atoms with Crippen molar-refractivity contribution in [2.24, 2.45) is 23.7 Å². The van der Waals surface area contributed by atoms with E-state index in [4.69, 9.17) is 9.47 Å². The Morgan fingerprint density at radius 2 is 1.64 bits per heavy atom. The number of carbonyl (C=O) groups excluding carboxylic acids is 2. The van der Waals surface area contributed by atoms with Gasteiger partial charge in [-0.1, -0.05) is 6.07 Å². The molecule has 0 spiro atoms. The highest BCUT2D eigenvalue weighted by Gasteiger charge is 2.47. The normalized spacial score (nSPS) is 27.6. The first-order valence-electron chi connectivity index (χ1n) is 8.74. The van der Waals surface area contributed by atoms with Gasteiger partial charge in [0.15, 0.2) is 11.5 Å². The van der Waals surface area contributed by atoms with Gasteiger partial charge in [-0.2, -0.15) is 0 Å².